The van der Waals surface area contributed by atoms with E-state index in [0.29, 0.717) is 23.7 Å². The number of benzene rings is 1. The third-order valence-electron chi connectivity index (χ3n) is 3.62. The molecule has 1 aliphatic carbocycles. The van der Waals surface area contributed by atoms with Crippen molar-refractivity contribution >= 4 is 10.0 Å². The van der Waals surface area contributed by atoms with Crippen molar-refractivity contribution in [3.05, 3.63) is 23.8 Å². The average molecular weight is 312 g/mol. The molecule has 1 aliphatic rings. The summed E-state index contributed by atoms with van der Waals surface area (Å²) in [6, 6.07) is 5.27. The molecular weight excluding hydrogens is 288 g/mol. The smallest absolute Gasteiger partial charge is 0.243 e. The molecule has 0 spiro atoms. The first-order chi connectivity index (χ1) is 10.0. The van der Waals surface area contributed by atoms with Crippen molar-refractivity contribution in [3.63, 3.8) is 0 Å². The summed E-state index contributed by atoms with van der Waals surface area (Å²) >= 11 is 0. The summed E-state index contributed by atoms with van der Waals surface area (Å²) in [6.07, 6.45) is 2.77. The predicted octanol–water partition coefficient (Wildman–Crippen LogP) is 1.98. The molecule has 0 unspecified atom stereocenters. The lowest BCUT2D eigenvalue weighted by atomic mass is 10.2. The van der Waals surface area contributed by atoms with Crippen LogP contribution in [0.2, 0.25) is 0 Å². The molecule has 1 N–H and O–H groups in total. The molecule has 0 aliphatic heterocycles. The first-order valence-corrected chi connectivity index (χ1v) is 8.82. The van der Waals surface area contributed by atoms with Crippen LogP contribution < -0.4 is 10.1 Å². The highest BCUT2D eigenvalue weighted by Gasteiger charge is 2.37. The van der Waals surface area contributed by atoms with Crippen molar-refractivity contribution in [2.75, 3.05) is 20.7 Å². The van der Waals surface area contributed by atoms with Crippen molar-refractivity contribution in [1.29, 1.82) is 0 Å². The van der Waals surface area contributed by atoms with E-state index in [4.69, 9.17) is 4.74 Å². The minimum Gasteiger partial charge on any atom is -0.496 e. The number of hydrogen-bond donors (Lipinski definition) is 1. The normalized spacial score (nSPS) is 15.4. The molecule has 1 fully saturated rings. The highest BCUT2D eigenvalue weighted by Crippen LogP contribution is 2.33. The first-order valence-electron chi connectivity index (χ1n) is 7.38. The van der Waals surface area contributed by atoms with Crippen molar-refractivity contribution in [3.8, 4) is 5.75 Å². The van der Waals surface area contributed by atoms with Gasteiger partial charge in [-0.3, -0.25) is 0 Å². The fraction of sp³-hybridized carbons (Fsp3) is 0.600. The van der Waals surface area contributed by atoms with Crippen molar-refractivity contribution in [2.24, 2.45) is 0 Å². The Morgan fingerprint density at radius 1 is 1.38 bits per heavy atom. The van der Waals surface area contributed by atoms with Gasteiger partial charge in [0.05, 0.1) is 12.0 Å². The van der Waals surface area contributed by atoms with Crippen molar-refractivity contribution in [1.82, 2.24) is 9.62 Å². The van der Waals surface area contributed by atoms with Gasteiger partial charge < -0.3 is 10.1 Å². The molecule has 1 aromatic rings. The van der Waals surface area contributed by atoms with Gasteiger partial charge >= 0.3 is 0 Å². The summed E-state index contributed by atoms with van der Waals surface area (Å²) in [5.74, 6) is 0.705. The van der Waals surface area contributed by atoms with E-state index < -0.39 is 10.0 Å². The molecule has 5 nitrogen and oxygen atoms in total. The van der Waals surface area contributed by atoms with Crippen LogP contribution in [0.3, 0.4) is 0 Å². The third-order valence-corrected chi connectivity index (χ3v) is 5.57. The molecular formula is C15H24N2O3S. The van der Waals surface area contributed by atoms with Gasteiger partial charge in [0.25, 0.3) is 0 Å². The maximum absolute atomic E-state index is 12.8. The Balaban J connectivity index is 2.36. The number of nitrogens with zero attached hydrogens (tertiary/aromatic N) is 1. The van der Waals surface area contributed by atoms with Gasteiger partial charge in [0.2, 0.25) is 10.0 Å². The maximum Gasteiger partial charge on any atom is 0.243 e. The van der Waals surface area contributed by atoms with Crippen LogP contribution in [0.5, 0.6) is 5.75 Å². The van der Waals surface area contributed by atoms with E-state index in [1.165, 1.54) is 0 Å². The molecule has 0 heterocycles. The number of sulfonamides is 1. The summed E-state index contributed by atoms with van der Waals surface area (Å²) in [4.78, 5) is 0.355. The fourth-order valence-electron chi connectivity index (χ4n) is 2.46. The molecule has 0 atom stereocenters. The van der Waals surface area contributed by atoms with E-state index in [0.717, 1.165) is 24.8 Å². The minimum absolute atomic E-state index is 0.185. The third kappa shape index (κ3) is 3.56. The van der Waals surface area contributed by atoms with Gasteiger partial charge in [-0.05, 0) is 44.5 Å². The molecule has 118 valence electrons. The zero-order valence-electron chi connectivity index (χ0n) is 12.9. The second kappa shape index (κ2) is 6.77. The highest BCUT2D eigenvalue weighted by atomic mass is 32.2. The van der Waals surface area contributed by atoms with Gasteiger partial charge in [-0.25, -0.2) is 8.42 Å². The lowest BCUT2D eigenvalue weighted by molar-refractivity contribution is 0.401. The molecule has 1 saturated carbocycles. The summed E-state index contributed by atoms with van der Waals surface area (Å²) < 4.78 is 32.6. The Hall–Kier alpha value is -1.11. The minimum atomic E-state index is -3.42. The number of nitrogens with one attached hydrogen (secondary N) is 1. The van der Waals surface area contributed by atoms with Gasteiger partial charge in [-0.1, -0.05) is 6.92 Å². The van der Waals surface area contributed by atoms with Crippen LogP contribution in [0.15, 0.2) is 23.1 Å². The number of methoxy groups -OCH3 is 1. The Morgan fingerprint density at radius 2 is 2.10 bits per heavy atom. The van der Waals surface area contributed by atoms with Crippen molar-refractivity contribution < 1.29 is 13.2 Å². The molecule has 0 aromatic heterocycles. The van der Waals surface area contributed by atoms with Crippen LogP contribution in [0.25, 0.3) is 0 Å². The Labute approximate surface area is 127 Å². The number of ether oxygens (including phenoxy) is 1. The van der Waals surface area contributed by atoms with Gasteiger partial charge in [0, 0.05) is 24.7 Å². The standard InChI is InChI=1S/C15H24N2O3S/c1-4-9-17(13-5-6-13)21(18,19)14-7-8-15(20-3)12(10-14)11-16-2/h7-8,10,13,16H,4-6,9,11H2,1-3H3. The molecule has 0 saturated heterocycles. The monoisotopic (exact) mass is 312 g/mol. The Morgan fingerprint density at radius 3 is 2.62 bits per heavy atom. The molecule has 6 heteroatoms. The quantitative estimate of drug-likeness (QED) is 0.797. The SMILES string of the molecule is CCCN(C1CC1)S(=O)(=O)c1ccc(OC)c(CNC)c1. The van der Waals surface area contributed by atoms with Gasteiger partial charge in [-0.15, -0.1) is 0 Å². The number of rotatable bonds is 8. The van der Waals surface area contributed by atoms with Crippen LogP contribution >= 0.6 is 0 Å². The lowest BCUT2D eigenvalue weighted by Gasteiger charge is -2.22. The topological polar surface area (TPSA) is 58.6 Å². The first kappa shape index (κ1) is 16.3. The summed E-state index contributed by atoms with van der Waals surface area (Å²) in [6.45, 7) is 3.16. The summed E-state index contributed by atoms with van der Waals surface area (Å²) in [5, 5.41) is 3.04. The van der Waals surface area contributed by atoms with Crippen LogP contribution in [-0.4, -0.2) is 39.5 Å². The Kier molecular flexibility index (Phi) is 5.24. The second-order valence-corrected chi connectivity index (χ2v) is 7.24. The zero-order valence-corrected chi connectivity index (χ0v) is 13.7. The van der Waals surface area contributed by atoms with Crippen LogP contribution in [0.4, 0.5) is 0 Å². The molecule has 0 bridgehead atoms. The second-order valence-electron chi connectivity index (χ2n) is 5.35. The molecule has 2 rings (SSSR count). The van der Waals surface area contributed by atoms with Gasteiger partial charge in [0.1, 0.15) is 5.75 Å². The summed E-state index contributed by atoms with van der Waals surface area (Å²) in [5.41, 5.74) is 0.855. The zero-order chi connectivity index (χ0) is 15.5. The van der Waals surface area contributed by atoms with Gasteiger partial charge in [-0.2, -0.15) is 4.31 Å². The lowest BCUT2D eigenvalue weighted by Crippen LogP contribution is -2.33. The van der Waals surface area contributed by atoms with Crippen LogP contribution in [0, 0.1) is 0 Å². The largest absolute Gasteiger partial charge is 0.496 e. The molecule has 1 aromatic carbocycles. The predicted molar refractivity (Wildman–Crippen MR) is 83.0 cm³/mol. The van der Waals surface area contributed by atoms with E-state index in [-0.39, 0.29) is 6.04 Å². The molecule has 21 heavy (non-hydrogen) atoms. The highest BCUT2D eigenvalue weighted by molar-refractivity contribution is 7.89. The van der Waals surface area contributed by atoms with Crippen molar-refractivity contribution in [2.45, 2.75) is 43.7 Å². The van der Waals surface area contributed by atoms with E-state index in [2.05, 4.69) is 5.32 Å². The molecule has 0 radical (unpaired) electrons. The summed E-state index contributed by atoms with van der Waals surface area (Å²) in [7, 11) is 0.00531. The van der Waals surface area contributed by atoms with Crippen LogP contribution in [0.1, 0.15) is 31.7 Å². The van der Waals surface area contributed by atoms with E-state index in [1.807, 2.05) is 14.0 Å². The fourth-order valence-corrected chi connectivity index (χ4v) is 4.29. The average Bonchev–Trinajstić information content (AvgIpc) is 3.29. The maximum atomic E-state index is 12.8. The van der Waals surface area contributed by atoms with E-state index >= 15 is 0 Å². The van der Waals surface area contributed by atoms with Gasteiger partial charge in [0.15, 0.2) is 0 Å². The molecule has 0 amide bonds. The van der Waals surface area contributed by atoms with Crippen LogP contribution in [-0.2, 0) is 16.6 Å². The number of hydrogen-bond acceptors (Lipinski definition) is 4. The van der Waals surface area contributed by atoms with E-state index in [9.17, 15) is 8.42 Å². The van der Waals surface area contributed by atoms with E-state index in [1.54, 1.807) is 29.6 Å². The Bertz CT molecular complexity index is 583.